The minimum atomic E-state index is -0.0911. The summed E-state index contributed by atoms with van der Waals surface area (Å²) in [4.78, 5) is 12.4. The van der Waals surface area contributed by atoms with Gasteiger partial charge in [-0.25, -0.2) is 0 Å². The van der Waals surface area contributed by atoms with Gasteiger partial charge >= 0.3 is 0 Å². The Morgan fingerprint density at radius 2 is 1.62 bits per heavy atom. The van der Waals surface area contributed by atoms with Crippen LogP contribution in [-0.4, -0.2) is 11.9 Å². The van der Waals surface area contributed by atoms with Crippen molar-refractivity contribution >= 4 is 34.8 Å². The van der Waals surface area contributed by atoms with Crippen LogP contribution in [0.5, 0.6) is 0 Å². The number of amides is 1. The molecular weight excluding hydrogens is 320 g/mol. The van der Waals surface area contributed by atoms with Gasteiger partial charge in [-0.15, -0.1) is 12.4 Å². The third-order valence-corrected chi connectivity index (χ3v) is 4.45. The molecule has 1 saturated carbocycles. The van der Waals surface area contributed by atoms with Crippen molar-refractivity contribution in [3.63, 3.8) is 0 Å². The monoisotopic (exact) mass is 338 g/mol. The van der Waals surface area contributed by atoms with Crippen molar-refractivity contribution in [1.82, 2.24) is 0 Å². The lowest BCUT2D eigenvalue weighted by Crippen LogP contribution is -2.11. The molecule has 3 N–H and O–H groups in total. The Balaban J connectivity index is 0.00000169. The Hall–Kier alpha value is -2.36. The summed E-state index contributed by atoms with van der Waals surface area (Å²) < 4.78 is 0. The zero-order valence-electron chi connectivity index (χ0n) is 13.1. The smallest absolute Gasteiger partial charge is 0.255 e. The second-order valence-electron chi connectivity index (χ2n) is 6.14. The van der Waals surface area contributed by atoms with Crippen LogP contribution in [0.25, 0.3) is 10.8 Å². The number of fused-ring (bicyclic) bond motifs is 1. The average molecular weight is 339 g/mol. The zero-order valence-corrected chi connectivity index (χ0v) is 13.9. The van der Waals surface area contributed by atoms with E-state index in [1.54, 1.807) is 0 Å². The Labute approximate surface area is 147 Å². The van der Waals surface area contributed by atoms with Gasteiger partial charge < -0.3 is 11.1 Å². The van der Waals surface area contributed by atoms with Crippen LogP contribution in [0.2, 0.25) is 0 Å². The van der Waals surface area contributed by atoms with Crippen LogP contribution in [-0.2, 0) is 0 Å². The van der Waals surface area contributed by atoms with E-state index in [-0.39, 0.29) is 18.3 Å². The molecule has 1 amide bonds. The van der Waals surface area contributed by atoms with E-state index in [1.807, 2.05) is 66.7 Å². The fourth-order valence-electron chi connectivity index (χ4n) is 2.95. The molecule has 0 unspecified atom stereocenters. The maximum atomic E-state index is 12.4. The topological polar surface area (TPSA) is 55.1 Å². The third-order valence-electron chi connectivity index (χ3n) is 4.45. The number of nitrogens with two attached hydrogens (primary N) is 1. The van der Waals surface area contributed by atoms with Gasteiger partial charge in [-0.3, -0.25) is 4.79 Å². The van der Waals surface area contributed by atoms with Crippen molar-refractivity contribution in [1.29, 1.82) is 0 Å². The first-order chi connectivity index (χ1) is 11.2. The summed E-state index contributed by atoms with van der Waals surface area (Å²) in [6, 6.07) is 22.1. The van der Waals surface area contributed by atoms with E-state index in [4.69, 9.17) is 5.73 Å². The molecule has 1 fully saturated rings. The van der Waals surface area contributed by atoms with Crippen molar-refractivity contribution in [2.45, 2.75) is 18.4 Å². The van der Waals surface area contributed by atoms with Crippen LogP contribution in [0.15, 0.2) is 66.7 Å². The first-order valence-corrected chi connectivity index (χ1v) is 7.86. The lowest BCUT2D eigenvalue weighted by Gasteiger charge is -2.07. The Bertz CT molecular complexity index is 876. The summed E-state index contributed by atoms with van der Waals surface area (Å²) in [6.45, 7) is 0. The highest BCUT2D eigenvalue weighted by Gasteiger charge is 2.34. The lowest BCUT2D eigenvalue weighted by atomic mass is 10.1. The minimum Gasteiger partial charge on any atom is -0.327 e. The average Bonchev–Trinajstić information content (AvgIpc) is 3.32. The quantitative estimate of drug-likeness (QED) is 0.746. The van der Waals surface area contributed by atoms with Gasteiger partial charge in [0.1, 0.15) is 0 Å². The highest BCUT2D eigenvalue weighted by molar-refractivity contribution is 6.06. The Morgan fingerprint density at radius 3 is 2.29 bits per heavy atom. The number of rotatable bonds is 3. The Kier molecular flexibility index (Phi) is 4.56. The second kappa shape index (κ2) is 6.63. The number of anilines is 1. The third kappa shape index (κ3) is 3.28. The van der Waals surface area contributed by atoms with E-state index in [9.17, 15) is 4.79 Å². The molecular formula is C20H19ClN2O. The van der Waals surface area contributed by atoms with Gasteiger partial charge in [0.2, 0.25) is 0 Å². The maximum Gasteiger partial charge on any atom is 0.255 e. The van der Waals surface area contributed by atoms with E-state index < -0.39 is 0 Å². The molecule has 3 aromatic rings. The molecule has 4 rings (SSSR count). The lowest BCUT2D eigenvalue weighted by molar-refractivity contribution is 0.102. The van der Waals surface area contributed by atoms with Crippen molar-refractivity contribution in [3.8, 4) is 0 Å². The number of carbonyl (C=O) groups is 1. The maximum absolute atomic E-state index is 12.4. The van der Waals surface area contributed by atoms with Gasteiger partial charge in [0.25, 0.3) is 5.91 Å². The van der Waals surface area contributed by atoms with E-state index in [0.717, 1.165) is 22.9 Å². The largest absolute Gasteiger partial charge is 0.327 e. The van der Waals surface area contributed by atoms with Crippen LogP contribution in [0.3, 0.4) is 0 Å². The number of hydrogen-bond acceptors (Lipinski definition) is 2. The van der Waals surface area contributed by atoms with E-state index in [0.29, 0.717) is 17.5 Å². The summed E-state index contributed by atoms with van der Waals surface area (Å²) in [5, 5.41) is 5.15. The van der Waals surface area contributed by atoms with E-state index in [2.05, 4.69) is 5.32 Å². The van der Waals surface area contributed by atoms with Gasteiger partial charge in [0.05, 0.1) is 0 Å². The molecule has 4 heteroatoms. The summed E-state index contributed by atoms with van der Waals surface area (Å²) >= 11 is 0. The summed E-state index contributed by atoms with van der Waals surface area (Å²) in [5.74, 6) is 0.395. The second-order valence-corrected chi connectivity index (χ2v) is 6.14. The molecule has 0 bridgehead atoms. The fourth-order valence-corrected chi connectivity index (χ4v) is 2.95. The minimum absolute atomic E-state index is 0. The van der Waals surface area contributed by atoms with Crippen molar-refractivity contribution in [2.75, 3.05) is 5.32 Å². The molecule has 24 heavy (non-hydrogen) atoms. The van der Waals surface area contributed by atoms with Gasteiger partial charge in [0.15, 0.2) is 0 Å². The van der Waals surface area contributed by atoms with Gasteiger partial charge in [-0.05, 0) is 47.0 Å². The molecule has 0 spiro atoms. The van der Waals surface area contributed by atoms with Crippen molar-refractivity contribution in [3.05, 3.63) is 77.9 Å². The molecule has 122 valence electrons. The predicted molar refractivity (Wildman–Crippen MR) is 101 cm³/mol. The van der Waals surface area contributed by atoms with Crippen molar-refractivity contribution in [2.24, 2.45) is 5.73 Å². The zero-order chi connectivity index (χ0) is 15.8. The summed E-state index contributed by atoms with van der Waals surface area (Å²) in [5.41, 5.74) is 8.59. The molecule has 3 aromatic carbocycles. The van der Waals surface area contributed by atoms with Crippen LogP contribution in [0, 0.1) is 0 Å². The number of carbonyl (C=O) groups excluding carboxylic acids is 1. The van der Waals surface area contributed by atoms with E-state index in [1.165, 1.54) is 5.56 Å². The van der Waals surface area contributed by atoms with Gasteiger partial charge in [0, 0.05) is 23.2 Å². The highest BCUT2D eigenvalue weighted by atomic mass is 35.5. The molecule has 0 saturated heterocycles. The molecule has 0 aliphatic heterocycles. The number of halogens is 1. The molecule has 0 radical (unpaired) electrons. The normalized spacial score (nSPS) is 18.7. The molecule has 2 atom stereocenters. The summed E-state index contributed by atoms with van der Waals surface area (Å²) in [6.07, 6.45) is 1.06. The van der Waals surface area contributed by atoms with E-state index >= 15 is 0 Å². The SMILES string of the molecule is Cl.N[C@@H]1C[C@H]1c1ccc(NC(=O)c2ccc3ccccc3c2)cc1. The van der Waals surface area contributed by atoms with Crippen LogP contribution in [0.4, 0.5) is 5.69 Å². The van der Waals surface area contributed by atoms with Crippen LogP contribution in [0.1, 0.15) is 28.3 Å². The van der Waals surface area contributed by atoms with Crippen LogP contribution < -0.4 is 11.1 Å². The number of nitrogens with one attached hydrogen (secondary N) is 1. The fraction of sp³-hybridized carbons (Fsp3) is 0.150. The molecule has 0 aromatic heterocycles. The molecule has 1 aliphatic carbocycles. The molecule has 3 nitrogen and oxygen atoms in total. The standard InChI is InChI=1S/C20H18N2O.ClH/c21-19-12-18(19)14-7-9-17(10-8-14)22-20(23)16-6-5-13-3-1-2-4-15(13)11-16;/h1-11,18-19H,12,21H2,(H,22,23);1H/t18-,19+;/m0./s1. The number of hydrogen-bond donors (Lipinski definition) is 2. The van der Waals surface area contributed by atoms with Crippen molar-refractivity contribution < 1.29 is 4.79 Å². The number of benzene rings is 3. The Morgan fingerprint density at radius 1 is 0.958 bits per heavy atom. The van der Waals surface area contributed by atoms with Gasteiger partial charge in [-0.1, -0.05) is 42.5 Å². The first kappa shape index (κ1) is 16.5. The molecule has 0 heterocycles. The summed E-state index contributed by atoms with van der Waals surface area (Å²) in [7, 11) is 0. The first-order valence-electron chi connectivity index (χ1n) is 7.86. The van der Waals surface area contributed by atoms with Gasteiger partial charge in [-0.2, -0.15) is 0 Å². The highest BCUT2D eigenvalue weighted by Crippen LogP contribution is 2.39. The molecule has 1 aliphatic rings. The van der Waals surface area contributed by atoms with Crippen LogP contribution >= 0.6 is 12.4 Å². The predicted octanol–water partition coefficient (Wildman–Crippen LogP) is 4.33.